The Morgan fingerprint density at radius 1 is 0.966 bits per heavy atom. The summed E-state index contributed by atoms with van der Waals surface area (Å²) in [5.41, 5.74) is 1.66. The predicted octanol–water partition coefficient (Wildman–Crippen LogP) is 2.76. The summed E-state index contributed by atoms with van der Waals surface area (Å²) in [6.45, 7) is 2.62. The Balaban J connectivity index is 1.26. The number of rotatable bonds is 5. The van der Waals surface area contributed by atoms with Crippen LogP contribution in [-0.2, 0) is 9.59 Å². The fourth-order valence-corrected chi connectivity index (χ4v) is 3.74. The van der Waals surface area contributed by atoms with Crippen LogP contribution in [0, 0.1) is 17.7 Å². The number of amides is 2. The minimum Gasteiger partial charge on any atom is -0.497 e. The van der Waals surface area contributed by atoms with Gasteiger partial charge in [0.05, 0.1) is 18.9 Å². The van der Waals surface area contributed by atoms with Gasteiger partial charge in [-0.1, -0.05) is 0 Å². The number of hydrogen-bond acceptors (Lipinski definition) is 4. The minimum absolute atomic E-state index is 0.0543. The summed E-state index contributed by atoms with van der Waals surface area (Å²) in [7, 11) is 1.59. The molecule has 6 nitrogen and oxygen atoms in total. The lowest BCUT2D eigenvalue weighted by atomic mass is 10.2. The molecule has 1 heterocycles. The topological polar surface area (TPSA) is 61.9 Å². The third-order valence-electron chi connectivity index (χ3n) is 5.59. The van der Waals surface area contributed by atoms with Gasteiger partial charge in [0.25, 0.3) is 0 Å². The van der Waals surface area contributed by atoms with Gasteiger partial charge < -0.3 is 19.9 Å². The highest BCUT2D eigenvalue weighted by molar-refractivity contribution is 5.99. The average molecular weight is 397 g/mol. The van der Waals surface area contributed by atoms with Crippen LogP contribution in [0.3, 0.4) is 0 Å². The summed E-state index contributed by atoms with van der Waals surface area (Å²) >= 11 is 0. The lowest BCUT2D eigenvalue weighted by molar-refractivity contribution is -0.134. The number of hydrogen-bond donors (Lipinski definition) is 1. The van der Waals surface area contributed by atoms with Crippen LogP contribution in [0.25, 0.3) is 0 Å². The maximum atomic E-state index is 13.1. The maximum Gasteiger partial charge on any atom is 0.228 e. The van der Waals surface area contributed by atoms with Gasteiger partial charge in [0, 0.05) is 37.6 Å². The van der Waals surface area contributed by atoms with E-state index in [9.17, 15) is 14.0 Å². The molecule has 1 aliphatic heterocycles. The molecule has 7 heteroatoms. The Morgan fingerprint density at radius 2 is 1.62 bits per heavy atom. The van der Waals surface area contributed by atoms with Gasteiger partial charge in [0.1, 0.15) is 11.6 Å². The van der Waals surface area contributed by atoms with Crippen molar-refractivity contribution >= 4 is 23.2 Å². The number of carbonyl (C=O) groups is 2. The number of methoxy groups -OCH3 is 1. The lowest BCUT2D eigenvalue weighted by Crippen LogP contribution is -2.49. The van der Waals surface area contributed by atoms with Crippen LogP contribution < -0.4 is 15.0 Å². The van der Waals surface area contributed by atoms with Crippen LogP contribution in [0.4, 0.5) is 15.8 Å². The number of nitrogens with one attached hydrogen (secondary N) is 1. The van der Waals surface area contributed by atoms with Crippen LogP contribution in [0.1, 0.15) is 6.42 Å². The van der Waals surface area contributed by atoms with E-state index >= 15 is 0 Å². The van der Waals surface area contributed by atoms with E-state index < -0.39 is 0 Å². The molecule has 0 radical (unpaired) electrons. The Bertz CT molecular complexity index is 877. The zero-order chi connectivity index (χ0) is 20.4. The van der Waals surface area contributed by atoms with Gasteiger partial charge >= 0.3 is 0 Å². The number of benzene rings is 2. The van der Waals surface area contributed by atoms with Crippen LogP contribution in [0.15, 0.2) is 48.5 Å². The molecule has 1 N–H and O–H groups in total. The van der Waals surface area contributed by atoms with Crippen molar-refractivity contribution in [3.8, 4) is 5.75 Å². The number of halogens is 1. The molecule has 152 valence electrons. The largest absolute Gasteiger partial charge is 0.497 e. The van der Waals surface area contributed by atoms with Crippen molar-refractivity contribution in [3.05, 3.63) is 54.3 Å². The highest BCUT2D eigenvalue weighted by atomic mass is 19.1. The van der Waals surface area contributed by atoms with E-state index in [1.165, 1.54) is 12.1 Å². The van der Waals surface area contributed by atoms with Crippen LogP contribution in [0.2, 0.25) is 0 Å². The summed E-state index contributed by atoms with van der Waals surface area (Å²) < 4.78 is 18.2. The molecule has 1 aliphatic carbocycles. The fraction of sp³-hybridized carbons (Fsp3) is 0.364. The van der Waals surface area contributed by atoms with Gasteiger partial charge in [-0.05, 0) is 55.0 Å². The molecule has 29 heavy (non-hydrogen) atoms. The first-order valence-electron chi connectivity index (χ1n) is 9.79. The number of nitrogens with zero attached hydrogens (tertiary/aromatic N) is 2. The molecule has 0 aromatic heterocycles. The van der Waals surface area contributed by atoms with Crippen LogP contribution in [-0.4, -0.2) is 50.0 Å². The van der Waals surface area contributed by atoms with E-state index in [-0.39, 0.29) is 29.5 Å². The van der Waals surface area contributed by atoms with Crippen LogP contribution in [0.5, 0.6) is 5.75 Å². The second-order valence-corrected chi connectivity index (χ2v) is 7.46. The third kappa shape index (κ3) is 4.34. The second kappa shape index (κ2) is 8.11. The predicted molar refractivity (Wildman–Crippen MR) is 108 cm³/mol. The van der Waals surface area contributed by atoms with E-state index in [1.807, 2.05) is 4.90 Å². The molecule has 2 fully saturated rings. The van der Waals surface area contributed by atoms with Crippen molar-refractivity contribution in [1.29, 1.82) is 0 Å². The Labute approximate surface area is 169 Å². The van der Waals surface area contributed by atoms with Crippen molar-refractivity contribution in [2.45, 2.75) is 6.42 Å². The number of carbonyl (C=O) groups excluding carboxylic acids is 2. The highest BCUT2D eigenvalue weighted by Gasteiger charge is 2.49. The fourth-order valence-electron chi connectivity index (χ4n) is 3.74. The van der Waals surface area contributed by atoms with Crippen molar-refractivity contribution in [1.82, 2.24) is 4.90 Å². The van der Waals surface area contributed by atoms with Gasteiger partial charge in [-0.25, -0.2) is 4.39 Å². The summed E-state index contributed by atoms with van der Waals surface area (Å²) in [6, 6.07) is 13.5. The quantitative estimate of drug-likeness (QED) is 0.843. The molecule has 0 spiro atoms. The van der Waals surface area contributed by atoms with E-state index in [4.69, 9.17) is 4.74 Å². The molecule has 2 atom stereocenters. The first-order chi connectivity index (χ1) is 14.0. The molecule has 2 aromatic carbocycles. The van der Waals surface area contributed by atoms with E-state index in [2.05, 4.69) is 10.2 Å². The van der Waals surface area contributed by atoms with Gasteiger partial charge in [-0.2, -0.15) is 0 Å². The monoisotopic (exact) mass is 397 g/mol. The third-order valence-corrected chi connectivity index (χ3v) is 5.59. The normalized spacial score (nSPS) is 20.9. The standard InChI is InChI=1S/C22H24FN3O3/c1-29-18-8-4-16(5-9-18)24-21(27)19-14-20(19)22(28)26-12-10-25(11-13-26)17-6-2-15(23)3-7-17/h2-9,19-20H,10-14H2,1H3,(H,24,27). The molecule has 4 rings (SSSR count). The zero-order valence-electron chi connectivity index (χ0n) is 16.3. The zero-order valence-corrected chi connectivity index (χ0v) is 16.3. The molecule has 2 aliphatic rings. The molecule has 1 saturated heterocycles. The second-order valence-electron chi connectivity index (χ2n) is 7.46. The Kier molecular flexibility index (Phi) is 5.38. The number of ether oxygens (including phenoxy) is 1. The van der Waals surface area contributed by atoms with Crippen molar-refractivity contribution in [3.63, 3.8) is 0 Å². The SMILES string of the molecule is COc1ccc(NC(=O)C2CC2C(=O)N2CCN(c3ccc(F)cc3)CC2)cc1. The Hall–Kier alpha value is -3.09. The molecular formula is C22H24FN3O3. The van der Waals surface area contributed by atoms with Gasteiger partial charge in [0.15, 0.2) is 0 Å². The molecule has 2 amide bonds. The van der Waals surface area contributed by atoms with E-state index in [0.717, 1.165) is 11.4 Å². The smallest absolute Gasteiger partial charge is 0.228 e. The average Bonchev–Trinajstić information content (AvgIpc) is 3.56. The lowest BCUT2D eigenvalue weighted by Gasteiger charge is -2.36. The number of anilines is 2. The van der Waals surface area contributed by atoms with E-state index in [1.54, 1.807) is 43.5 Å². The number of piperazine rings is 1. The summed E-state index contributed by atoms with van der Waals surface area (Å²) in [6.07, 6.45) is 0.596. The highest BCUT2D eigenvalue weighted by Crippen LogP contribution is 2.41. The minimum atomic E-state index is -0.264. The molecular weight excluding hydrogens is 373 g/mol. The maximum absolute atomic E-state index is 13.1. The molecule has 2 unspecified atom stereocenters. The summed E-state index contributed by atoms with van der Waals surface area (Å²) in [5, 5.41) is 2.87. The summed E-state index contributed by atoms with van der Waals surface area (Å²) in [5.74, 6) is -0.0834. The van der Waals surface area contributed by atoms with Crippen molar-refractivity contribution < 1.29 is 18.7 Å². The van der Waals surface area contributed by atoms with Gasteiger partial charge in [-0.15, -0.1) is 0 Å². The van der Waals surface area contributed by atoms with Crippen LogP contribution >= 0.6 is 0 Å². The van der Waals surface area contributed by atoms with Crippen molar-refractivity contribution in [2.24, 2.45) is 11.8 Å². The van der Waals surface area contributed by atoms with Gasteiger partial charge in [0.2, 0.25) is 11.8 Å². The Morgan fingerprint density at radius 3 is 2.24 bits per heavy atom. The molecule has 1 saturated carbocycles. The molecule has 0 bridgehead atoms. The van der Waals surface area contributed by atoms with Crippen molar-refractivity contribution in [2.75, 3.05) is 43.5 Å². The van der Waals surface area contributed by atoms with E-state index in [0.29, 0.717) is 38.3 Å². The first-order valence-corrected chi connectivity index (χ1v) is 9.79. The molecule has 2 aromatic rings. The summed E-state index contributed by atoms with van der Waals surface area (Å²) in [4.78, 5) is 29.2. The van der Waals surface area contributed by atoms with Gasteiger partial charge in [-0.3, -0.25) is 9.59 Å². The first kappa shape index (κ1) is 19.2.